The molecule has 0 heterocycles. The number of para-hydroxylation sites is 1. The number of carbonyl (C=O) groups is 1. The van der Waals surface area contributed by atoms with Crippen LogP contribution in [0.2, 0.25) is 0 Å². The van der Waals surface area contributed by atoms with Crippen molar-refractivity contribution in [1.29, 1.82) is 0 Å². The second-order valence-corrected chi connectivity index (χ2v) is 8.20. The predicted octanol–water partition coefficient (Wildman–Crippen LogP) is 4.00. The number of benzene rings is 2. The monoisotopic (exact) mass is 378 g/mol. The van der Waals surface area contributed by atoms with Crippen LogP contribution in [0, 0.1) is 17.8 Å². The fourth-order valence-electron chi connectivity index (χ4n) is 4.93. The summed E-state index contributed by atoms with van der Waals surface area (Å²) in [5.74, 6) is 2.19. The van der Waals surface area contributed by atoms with Crippen LogP contribution in [0.25, 0.3) is 11.1 Å². The standard InChI is InChI=1S/C24H30N2O2/c25-23-18-9-6-10-19(23)16-20(15-18)24(27)26-13-14-28-22-12-5-4-11-21(22)17-7-2-1-3-8-17/h1-5,7-8,11-12,18-20,23H,6,9-10,13-16,25H2,(H,26,27). The molecular formula is C24H30N2O2. The molecule has 2 unspecified atom stereocenters. The molecule has 1 amide bonds. The van der Waals surface area contributed by atoms with Gasteiger partial charge in [-0.15, -0.1) is 0 Å². The van der Waals surface area contributed by atoms with E-state index in [1.54, 1.807) is 0 Å². The Bertz CT molecular complexity index is 778. The number of nitrogens with two attached hydrogens (primary N) is 1. The van der Waals surface area contributed by atoms with Crippen LogP contribution in [0.5, 0.6) is 5.75 Å². The Kier molecular flexibility index (Phi) is 5.96. The van der Waals surface area contributed by atoms with Crippen LogP contribution in [-0.2, 0) is 4.79 Å². The minimum atomic E-state index is 0.117. The number of ether oxygens (including phenoxy) is 1. The molecule has 2 aromatic carbocycles. The Morgan fingerprint density at radius 2 is 1.68 bits per heavy atom. The highest BCUT2D eigenvalue weighted by atomic mass is 16.5. The van der Waals surface area contributed by atoms with Gasteiger partial charge in [-0.3, -0.25) is 4.79 Å². The summed E-state index contributed by atoms with van der Waals surface area (Å²) in [5.41, 5.74) is 8.55. The number of fused-ring (bicyclic) bond motifs is 2. The molecule has 148 valence electrons. The van der Waals surface area contributed by atoms with Crippen molar-refractivity contribution in [2.24, 2.45) is 23.5 Å². The van der Waals surface area contributed by atoms with Gasteiger partial charge in [0.1, 0.15) is 12.4 Å². The van der Waals surface area contributed by atoms with Crippen LogP contribution in [0.15, 0.2) is 54.6 Å². The number of rotatable bonds is 6. The fourth-order valence-corrected chi connectivity index (χ4v) is 4.93. The molecule has 0 radical (unpaired) electrons. The third-order valence-electron chi connectivity index (χ3n) is 6.41. The third kappa shape index (κ3) is 4.22. The molecule has 2 bridgehead atoms. The molecule has 2 aliphatic carbocycles. The molecule has 3 N–H and O–H groups in total. The van der Waals surface area contributed by atoms with Crippen LogP contribution in [-0.4, -0.2) is 25.1 Å². The van der Waals surface area contributed by atoms with Crippen molar-refractivity contribution in [1.82, 2.24) is 5.32 Å². The first-order chi connectivity index (χ1) is 13.7. The van der Waals surface area contributed by atoms with Crippen molar-refractivity contribution < 1.29 is 9.53 Å². The first-order valence-corrected chi connectivity index (χ1v) is 10.5. The van der Waals surface area contributed by atoms with E-state index in [-0.39, 0.29) is 11.8 Å². The van der Waals surface area contributed by atoms with E-state index in [9.17, 15) is 4.79 Å². The third-order valence-corrected chi connectivity index (χ3v) is 6.41. The van der Waals surface area contributed by atoms with Crippen molar-refractivity contribution in [2.45, 2.75) is 38.1 Å². The van der Waals surface area contributed by atoms with E-state index in [0.717, 1.165) is 29.7 Å². The van der Waals surface area contributed by atoms with Gasteiger partial charge < -0.3 is 15.8 Å². The lowest BCUT2D eigenvalue weighted by atomic mass is 9.65. The van der Waals surface area contributed by atoms with Crippen molar-refractivity contribution >= 4 is 5.91 Å². The van der Waals surface area contributed by atoms with E-state index in [1.165, 1.54) is 19.3 Å². The molecule has 0 saturated heterocycles. The highest BCUT2D eigenvalue weighted by Gasteiger charge is 2.40. The summed E-state index contributed by atoms with van der Waals surface area (Å²) in [5, 5.41) is 3.08. The highest BCUT2D eigenvalue weighted by Crippen LogP contribution is 2.41. The molecule has 2 aliphatic rings. The second-order valence-electron chi connectivity index (χ2n) is 8.20. The fraction of sp³-hybridized carbons (Fsp3) is 0.458. The van der Waals surface area contributed by atoms with Gasteiger partial charge in [0.15, 0.2) is 0 Å². The largest absolute Gasteiger partial charge is 0.491 e. The Hall–Kier alpha value is -2.33. The lowest BCUT2D eigenvalue weighted by Crippen LogP contribution is -2.49. The molecule has 0 aliphatic heterocycles. The van der Waals surface area contributed by atoms with Gasteiger partial charge >= 0.3 is 0 Å². The van der Waals surface area contributed by atoms with Gasteiger partial charge in [-0.2, -0.15) is 0 Å². The van der Waals surface area contributed by atoms with E-state index in [1.807, 2.05) is 36.4 Å². The number of nitrogens with one attached hydrogen (secondary N) is 1. The predicted molar refractivity (Wildman–Crippen MR) is 112 cm³/mol. The topological polar surface area (TPSA) is 64.4 Å². The normalized spacial score (nSPS) is 26.5. The molecule has 0 aromatic heterocycles. The summed E-state index contributed by atoms with van der Waals surface area (Å²) in [4.78, 5) is 12.6. The second kappa shape index (κ2) is 8.78. The zero-order valence-corrected chi connectivity index (χ0v) is 16.3. The van der Waals surface area contributed by atoms with E-state index in [2.05, 4.69) is 23.5 Å². The Balaban J connectivity index is 1.28. The maximum absolute atomic E-state index is 12.6. The van der Waals surface area contributed by atoms with Gasteiger partial charge in [-0.25, -0.2) is 0 Å². The number of carbonyl (C=O) groups excluding carboxylic acids is 1. The van der Waals surface area contributed by atoms with Crippen LogP contribution in [0.4, 0.5) is 0 Å². The lowest BCUT2D eigenvalue weighted by Gasteiger charge is -2.43. The summed E-state index contributed by atoms with van der Waals surface area (Å²) >= 11 is 0. The van der Waals surface area contributed by atoms with Crippen molar-refractivity contribution in [3.8, 4) is 16.9 Å². The summed E-state index contributed by atoms with van der Waals surface area (Å²) < 4.78 is 5.99. The van der Waals surface area contributed by atoms with Crippen molar-refractivity contribution in [2.75, 3.05) is 13.2 Å². The molecule has 4 nitrogen and oxygen atoms in total. The van der Waals surface area contributed by atoms with Crippen molar-refractivity contribution in [3.05, 3.63) is 54.6 Å². The molecular weight excluding hydrogens is 348 g/mol. The number of hydrogen-bond acceptors (Lipinski definition) is 3. The summed E-state index contributed by atoms with van der Waals surface area (Å²) in [7, 11) is 0. The first kappa shape index (κ1) is 19.0. The minimum absolute atomic E-state index is 0.117. The van der Waals surface area contributed by atoms with E-state index in [4.69, 9.17) is 10.5 Å². The van der Waals surface area contributed by atoms with Crippen LogP contribution in [0.3, 0.4) is 0 Å². The zero-order chi connectivity index (χ0) is 19.3. The average molecular weight is 379 g/mol. The smallest absolute Gasteiger partial charge is 0.223 e. The van der Waals surface area contributed by atoms with Gasteiger partial charge in [0.2, 0.25) is 5.91 Å². The Morgan fingerprint density at radius 1 is 1.00 bits per heavy atom. The maximum Gasteiger partial charge on any atom is 0.223 e. The SMILES string of the molecule is NC1C2CCCC1CC(C(=O)NCCOc1ccccc1-c1ccccc1)C2. The highest BCUT2D eigenvalue weighted by molar-refractivity contribution is 5.78. The summed E-state index contributed by atoms with van der Waals surface area (Å²) in [6, 6.07) is 18.6. The maximum atomic E-state index is 12.6. The molecule has 4 rings (SSSR count). The lowest BCUT2D eigenvalue weighted by molar-refractivity contribution is -0.128. The van der Waals surface area contributed by atoms with Crippen LogP contribution >= 0.6 is 0 Å². The van der Waals surface area contributed by atoms with Gasteiger partial charge in [0, 0.05) is 17.5 Å². The summed E-state index contributed by atoms with van der Waals surface area (Å²) in [6.45, 7) is 0.995. The minimum Gasteiger partial charge on any atom is -0.491 e. The van der Waals surface area contributed by atoms with E-state index < -0.39 is 0 Å². The average Bonchev–Trinajstić information content (AvgIpc) is 2.72. The first-order valence-electron chi connectivity index (χ1n) is 10.5. The molecule has 0 spiro atoms. The van der Waals surface area contributed by atoms with Crippen molar-refractivity contribution in [3.63, 3.8) is 0 Å². The molecule has 28 heavy (non-hydrogen) atoms. The number of amides is 1. The van der Waals surface area contributed by atoms with E-state index >= 15 is 0 Å². The molecule has 2 atom stereocenters. The van der Waals surface area contributed by atoms with Gasteiger partial charge in [-0.05, 0) is 49.1 Å². The Labute approximate surface area is 167 Å². The van der Waals surface area contributed by atoms with Gasteiger partial charge in [0.25, 0.3) is 0 Å². The molecule has 4 heteroatoms. The summed E-state index contributed by atoms with van der Waals surface area (Å²) in [6.07, 6.45) is 5.52. The van der Waals surface area contributed by atoms with E-state index in [0.29, 0.717) is 31.0 Å². The molecule has 2 aromatic rings. The van der Waals surface area contributed by atoms with Crippen LogP contribution < -0.4 is 15.8 Å². The number of hydrogen-bond donors (Lipinski definition) is 2. The van der Waals surface area contributed by atoms with Gasteiger partial charge in [-0.1, -0.05) is 55.0 Å². The zero-order valence-electron chi connectivity index (χ0n) is 16.3. The quantitative estimate of drug-likeness (QED) is 0.747. The molecule has 2 fully saturated rings. The Morgan fingerprint density at radius 3 is 2.43 bits per heavy atom. The van der Waals surface area contributed by atoms with Crippen LogP contribution in [0.1, 0.15) is 32.1 Å². The van der Waals surface area contributed by atoms with Gasteiger partial charge in [0.05, 0.1) is 6.54 Å². The molecule has 2 saturated carbocycles.